The van der Waals surface area contributed by atoms with E-state index in [4.69, 9.17) is 16.9 Å². The fourth-order valence-corrected chi connectivity index (χ4v) is 4.85. The van der Waals surface area contributed by atoms with Gasteiger partial charge in [0.15, 0.2) is 6.19 Å². The average Bonchev–Trinajstić information content (AvgIpc) is 3.36. The molecule has 0 saturated carbocycles. The molecule has 0 aromatic heterocycles. The average molecular weight is 370 g/mol. The minimum absolute atomic E-state index is 0.0653. The molecule has 4 atom stereocenters. The van der Waals surface area contributed by atoms with Crippen LogP contribution in [0.3, 0.4) is 0 Å². The highest BCUT2D eigenvalue weighted by atomic mass is 35.5. The number of rotatable bonds is 3. The highest BCUT2D eigenvalue weighted by molar-refractivity contribution is 6.33. The third-order valence-corrected chi connectivity index (χ3v) is 6.27. The van der Waals surface area contributed by atoms with E-state index < -0.39 is 0 Å². The number of nitrogens with one attached hydrogen (secondary N) is 1. The van der Waals surface area contributed by atoms with Gasteiger partial charge < -0.3 is 15.1 Å². The molecule has 3 saturated heterocycles. The number of hydrogen-bond donors (Lipinski definition) is 1. The number of hydrogen-bond acceptors (Lipinski definition) is 5. The molecule has 3 fully saturated rings. The van der Waals surface area contributed by atoms with Gasteiger partial charge in [-0.3, -0.25) is 4.79 Å². The molecule has 0 radical (unpaired) electrons. The Hall–Kier alpha value is -2.44. The van der Waals surface area contributed by atoms with Crippen molar-refractivity contribution in [3.05, 3.63) is 28.8 Å². The van der Waals surface area contributed by atoms with E-state index in [1.54, 1.807) is 18.2 Å². The lowest BCUT2D eigenvalue weighted by Crippen LogP contribution is -2.46. The maximum atomic E-state index is 12.7. The Morgan fingerprint density at radius 1 is 1.27 bits per heavy atom. The Balaban J connectivity index is 1.39. The van der Waals surface area contributed by atoms with Gasteiger partial charge >= 0.3 is 0 Å². The van der Waals surface area contributed by atoms with Crippen molar-refractivity contribution < 1.29 is 4.79 Å². The fourth-order valence-electron chi connectivity index (χ4n) is 4.62. The second-order valence-electron chi connectivity index (χ2n) is 7.37. The molecule has 0 aliphatic carbocycles. The Kier molecular flexibility index (Phi) is 4.38. The van der Waals surface area contributed by atoms with Crippen LogP contribution in [0.2, 0.25) is 5.02 Å². The fraction of sp³-hybridized carbons (Fsp3) is 0.526. The summed E-state index contributed by atoms with van der Waals surface area (Å²) in [5.74, 6) is -0.0260. The van der Waals surface area contributed by atoms with E-state index in [1.165, 1.54) is 0 Å². The molecule has 1 amide bonds. The predicted molar refractivity (Wildman–Crippen MR) is 97.3 cm³/mol. The number of carbonyl (C=O) groups excluding carboxylic acids is 1. The molecule has 7 heteroatoms. The summed E-state index contributed by atoms with van der Waals surface area (Å²) in [5.41, 5.74) is 1.38. The summed E-state index contributed by atoms with van der Waals surface area (Å²) in [6.45, 7) is 1.34. The van der Waals surface area contributed by atoms with Crippen molar-refractivity contribution in [2.45, 2.75) is 43.8 Å². The van der Waals surface area contributed by atoms with E-state index in [0.29, 0.717) is 23.2 Å². The molecule has 3 heterocycles. The van der Waals surface area contributed by atoms with E-state index in [2.05, 4.69) is 22.5 Å². The lowest BCUT2D eigenvalue weighted by molar-refractivity contribution is -0.125. The van der Waals surface area contributed by atoms with E-state index in [9.17, 15) is 10.1 Å². The van der Waals surface area contributed by atoms with Crippen molar-refractivity contribution in [2.24, 2.45) is 5.92 Å². The lowest BCUT2D eigenvalue weighted by atomic mass is 9.95. The van der Waals surface area contributed by atoms with Crippen LogP contribution >= 0.6 is 11.6 Å². The quantitative estimate of drug-likeness (QED) is 0.826. The molecule has 4 rings (SSSR count). The Morgan fingerprint density at radius 3 is 2.85 bits per heavy atom. The van der Waals surface area contributed by atoms with Gasteiger partial charge in [-0.15, -0.1) is 0 Å². The van der Waals surface area contributed by atoms with Gasteiger partial charge in [0.05, 0.1) is 40.3 Å². The first-order valence-corrected chi connectivity index (χ1v) is 9.41. The van der Waals surface area contributed by atoms with Gasteiger partial charge in [0, 0.05) is 19.1 Å². The van der Waals surface area contributed by atoms with Crippen LogP contribution in [-0.4, -0.2) is 42.0 Å². The second-order valence-corrected chi connectivity index (χ2v) is 7.77. The summed E-state index contributed by atoms with van der Waals surface area (Å²) in [4.78, 5) is 16.7. The van der Waals surface area contributed by atoms with E-state index in [-0.39, 0.29) is 23.9 Å². The summed E-state index contributed by atoms with van der Waals surface area (Å²) in [5, 5.41) is 22.1. The number of fused-ring (bicyclic) bond motifs is 2. The van der Waals surface area contributed by atoms with Gasteiger partial charge in [-0.25, -0.2) is 0 Å². The monoisotopic (exact) mass is 369 g/mol. The molecule has 26 heavy (non-hydrogen) atoms. The maximum absolute atomic E-state index is 12.7. The SMILES string of the molecule is N#Cc1ccc(Cl)c(N2CC[C@H](C(=O)N[C@@H]3C[C@@H]4CC[C@H]3N4C#N)C2)c1. The standard InChI is InChI=1S/C19H20ClN5O/c20-15-3-1-12(9-21)7-18(15)24-6-5-13(10-24)19(26)23-16-8-14-2-4-17(16)25(14)11-22/h1,3,7,13-14,16-17H,2,4-6,8,10H2,(H,23,26)/t13-,14-,16+,17+/m0/s1. The van der Waals surface area contributed by atoms with Gasteiger partial charge in [-0.1, -0.05) is 11.6 Å². The molecule has 2 bridgehead atoms. The predicted octanol–water partition coefficient (Wildman–Crippen LogP) is 2.24. The zero-order chi connectivity index (χ0) is 18.3. The van der Waals surface area contributed by atoms with Crippen LogP contribution < -0.4 is 10.2 Å². The van der Waals surface area contributed by atoms with Crippen LogP contribution in [0.4, 0.5) is 5.69 Å². The van der Waals surface area contributed by atoms with Crippen molar-refractivity contribution in [1.29, 1.82) is 10.5 Å². The molecular formula is C19H20ClN5O. The van der Waals surface area contributed by atoms with Crippen LogP contribution in [0.15, 0.2) is 18.2 Å². The highest BCUT2D eigenvalue weighted by Gasteiger charge is 2.47. The highest BCUT2D eigenvalue weighted by Crippen LogP contribution is 2.37. The minimum Gasteiger partial charge on any atom is -0.369 e. The van der Waals surface area contributed by atoms with E-state index in [1.807, 2.05) is 4.90 Å². The first-order chi connectivity index (χ1) is 12.6. The van der Waals surface area contributed by atoms with Crippen LogP contribution in [0, 0.1) is 28.7 Å². The number of anilines is 1. The first-order valence-electron chi connectivity index (χ1n) is 9.03. The Morgan fingerprint density at radius 2 is 2.12 bits per heavy atom. The van der Waals surface area contributed by atoms with Gasteiger partial charge in [-0.2, -0.15) is 10.5 Å². The van der Waals surface area contributed by atoms with E-state index >= 15 is 0 Å². The topological polar surface area (TPSA) is 83.2 Å². The van der Waals surface area contributed by atoms with Crippen LogP contribution in [-0.2, 0) is 4.79 Å². The van der Waals surface area contributed by atoms with Gasteiger partial charge in [-0.05, 0) is 43.9 Å². The number of nitriles is 2. The van der Waals surface area contributed by atoms with Crippen LogP contribution in [0.5, 0.6) is 0 Å². The molecule has 3 aliphatic heterocycles. The summed E-state index contributed by atoms with van der Waals surface area (Å²) in [7, 11) is 0. The number of amides is 1. The smallest absolute Gasteiger partial charge is 0.225 e. The largest absolute Gasteiger partial charge is 0.369 e. The normalized spacial score (nSPS) is 29.5. The van der Waals surface area contributed by atoms with Gasteiger partial charge in [0.2, 0.25) is 5.91 Å². The molecule has 134 valence electrons. The number of benzene rings is 1. The zero-order valence-corrected chi connectivity index (χ0v) is 15.1. The molecule has 0 spiro atoms. The molecule has 6 nitrogen and oxygen atoms in total. The summed E-state index contributed by atoms with van der Waals surface area (Å²) < 4.78 is 0. The van der Waals surface area contributed by atoms with Crippen LogP contribution in [0.1, 0.15) is 31.2 Å². The summed E-state index contributed by atoms with van der Waals surface area (Å²) >= 11 is 6.29. The minimum atomic E-state index is -0.0912. The van der Waals surface area contributed by atoms with Crippen molar-refractivity contribution in [1.82, 2.24) is 10.2 Å². The molecule has 1 aromatic rings. The zero-order valence-electron chi connectivity index (χ0n) is 14.4. The maximum Gasteiger partial charge on any atom is 0.225 e. The Bertz CT molecular complexity index is 813. The van der Waals surface area contributed by atoms with E-state index in [0.717, 1.165) is 37.9 Å². The van der Waals surface area contributed by atoms with Crippen molar-refractivity contribution in [3.63, 3.8) is 0 Å². The molecular weight excluding hydrogens is 350 g/mol. The number of halogens is 1. The first kappa shape index (κ1) is 17.0. The third-order valence-electron chi connectivity index (χ3n) is 5.95. The summed E-state index contributed by atoms with van der Waals surface area (Å²) in [6.07, 6.45) is 5.95. The summed E-state index contributed by atoms with van der Waals surface area (Å²) in [6, 6.07) is 7.88. The van der Waals surface area contributed by atoms with Crippen LogP contribution in [0.25, 0.3) is 0 Å². The molecule has 0 unspecified atom stereocenters. The van der Waals surface area contributed by atoms with Crippen molar-refractivity contribution in [2.75, 3.05) is 18.0 Å². The number of carbonyl (C=O) groups is 1. The molecule has 3 aliphatic rings. The van der Waals surface area contributed by atoms with Gasteiger partial charge in [0.25, 0.3) is 0 Å². The Labute approximate surface area is 157 Å². The van der Waals surface area contributed by atoms with Gasteiger partial charge in [0.1, 0.15) is 0 Å². The van der Waals surface area contributed by atoms with Crippen molar-refractivity contribution >= 4 is 23.2 Å². The lowest BCUT2D eigenvalue weighted by Gasteiger charge is -2.24. The third kappa shape index (κ3) is 2.85. The molecule has 1 N–H and O–H groups in total. The van der Waals surface area contributed by atoms with Crippen molar-refractivity contribution in [3.8, 4) is 12.3 Å². The second kappa shape index (κ2) is 6.70. The number of nitrogens with zero attached hydrogens (tertiary/aromatic N) is 4. The molecule has 1 aromatic carbocycles.